The summed E-state index contributed by atoms with van der Waals surface area (Å²) in [5.74, 6) is 0.834. The van der Waals surface area contributed by atoms with E-state index < -0.39 is 0 Å². The van der Waals surface area contributed by atoms with Crippen molar-refractivity contribution in [1.29, 1.82) is 0 Å². The molecule has 1 aromatic carbocycles. The van der Waals surface area contributed by atoms with Crippen molar-refractivity contribution in [2.24, 2.45) is 5.73 Å². The molecule has 0 aromatic heterocycles. The fraction of sp³-hybridized carbons (Fsp3) is 0.333. The highest BCUT2D eigenvalue weighted by Crippen LogP contribution is 2.40. The average molecular weight is 173 g/mol. The first-order chi connectivity index (χ1) is 6.31. The number of hydrogen-bond acceptors (Lipinski definition) is 1. The summed E-state index contributed by atoms with van der Waals surface area (Å²) in [6.45, 7) is 4.45. The maximum Gasteiger partial charge on any atom is 0.0178 e. The average Bonchev–Trinajstić information content (AvgIpc) is 3.00. The van der Waals surface area contributed by atoms with Crippen LogP contribution < -0.4 is 5.73 Å². The predicted octanol–water partition coefficient (Wildman–Crippen LogP) is 2.54. The molecule has 0 saturated heterocycles. The van der Waals surface area contributed by atoms with Crippen molar-refractivity contribution in [2.45, 2.75) is 18.8 Å². The third-order valence-corrected chi connectivity index (χ3v) is 2.61. The summed E-state index contributed by atoms with van der Waals surface area (Å²) in [6.07, 6.45) is 2.72. The molecular formula is C12H15N. The molecule has 0 bridgehead atoms. The monoisotopic (exact) mass is 173 g/mol. The SMILES string of the molecule is C=C(CN)c1ccc(C2CC2)cc1. The number of benzene rings is 1. The smallest absolute Gasteiger partial charge is 0.0178 e. The van der Waals surface area contributed by atoms with Crippen molar-refractivity contribution < 1.29 is 0 Å². The Morgan fingerprint density at radius 2 is 1.92 bits per heavy atom. The first-order valence-electron chi connectivity index (χ1n) is 4.79. The quantitative estimate of drug-likeness (QED) is 0.746. The Bertz CT molecular complexity index is 306. The molecule has 13 heavy (non-hydrogen) atoms. The molecule has 0 atom stereocenters. The van der Waals surface area contributed by atoms with Crippen molar-refractivity contribution in [3.05, 3.63) is 42.0 Å². The van der Waals surface area contributed by atoms with Crippen LogP contribution in [0.5, 0.6) is 0 Å². The summed E-state index contributed by atoms with van der Waals surface area (Å²) < 4.78 is 0. The van der Waals surface area contributed by atoms with Gasteiger partial charge in [0.15, 0.2) is 0 Å². The highest BCUT2D eigenvalue weighted by atomic mass is 14.5. The zero-order valence-electron chi connectivity index (χ0n) is 7.79. The molecule has 0 spiro atoms. The molecule has 1 fully saturated rings. The van der Waals surface area contributed by atoms with E-state index >= 15 is 0 Å². The Balaban J connectivity index is 2.17. The number of rotatable bonds is 3. The molecule has 0 unspecified atom stereocenters. The third-order valence-electron chi connectivity index (χ3n) is 2.61. The van der Waals surface area contributed by atoms with Crippen LogP contribution in [0.2, 0.25) is 0 Å². The van der Waals surface area contributed by atoms with Crippen molar-refractivity contribution in [3.8, 4) is 0 Å². The first kappa shape index (κ1) is 8.52. The summed E-state index contributed by atoms with van der Waals surface area (Å²) >= 11 is 0. The Morgan fingerprint density at radius 1 is 1.31 bits per heavy atom. The van der Waals surface area contributed by atoms with Crippen LogP contribution in [-0.4, -0.2) is 6.54 Å². The van der Waals surface area contributed by atoms with E-state index in [0.29, 0.717) is 6.54 Å². The van der Waals surface area contributed by atoms with Crippen LogP contribution in [0.15, 0.2) is 30.8 Å². The molecule has 1 aliphatic carbocycles. The molecule has 0 heterocycles. The molecule has 1 saturated carbocycles. The van der Waals surface area contributed by atoms with Crippen LogP contribution in [-0.2, 0) is 0 Å². The maximum absolute atomic E-state index is 5.51. The van der Waals surface area contributed by atoms with Gasteiger partial charge in [0.25, 0.3) is 0 Å². The van der Waals surface area contributed by atoms with E-state index in [2.05, 4.69) is 30.8 Å². The van der Waals surface area contributed by atoms with Gasteiger partial charge in [-0.1, -0.05) is 30.8 Å². The van der Waals surface area contributed by atoms with Crippen molar-refractivity contribution >= 4 is 5.57 Å². The fourth-order valence-electron chi connectivity index (χ4n) is 1.53. The zero-order valence-corrected chi connectivity index (χ0v) is 7.79. The first-order valence-corrected chi connectivity index (χ1v) is 4.79. The van der Waals surface area contributed by atoms with Gasteiger partial charge in [0, 0.05) is 6.54 Å². The second-order valence-corrected chi connectivity index (χ2v) is 3.70. The molecule has 0 radical (unpaired) electrons. The minimum atomic E-state index is 0.544. The lowest BCUT2D eigenvalue weighted by molar-refractivity contribution is 1.13. The second kappa shape index (κ2) is 3.35. The summed E-state index contributed by atoms with van der Waals surface area (Å²) in [4.78, 5) is 0. The van der Waals surface area contributed by atoms with Gasteiger partial charge in [-0.15, -0.1) is 0 Å². The Kier molecular flexibility index (Phi) is 2.19. The molecule has 0 aliphatic heterocycles. The van der Waals surface area contributed by atoms with E-state index in [1.165, 1.54) is 24.0 Å². The highest BCUT2D eigenvalue weighted by molar-refractivity contribution is 5.64. The van der Waals surface area contributed by atoms with Gasteiger partial charge in [0.05, 0.1) is 0 Å². The third kappa shape index (κ3) is 1.81. The maximum atomic E-state index is 5.51. The van der Waals surface area contributed by atoms with Crippen LogP contribution in [0.4, 0.5) is 0 Å². The zero-order chi connectivity index (χ0) is 9.26. The molecule has 1 aromatic rings. The van der Waals surface area contributed by atoms with Crippen molar-refractivity contribution in [1.82, 2.24) is 0 Å². The fourth-order valence-corrected chi connectivity index (χ4v) is 1.53. The molecule has 1 nitrogen and oxygen atoms in total. The molecule has 1 aliphatic rings. The number of nitrogens with two attached hydrogens (primary N) is 1. The van der Waals surface area contributed by atoms with E-state index in [-0.39, 0.29) is 0 Å². The highest BCUT2D eigenvalue weighted by Gasteiger charge is 2.22. The molecule has 68 valence electrons. The van der Waals surface area contributed by atoms with Gasteiger partial charge in [-0.3, -0.25) is 0 Å². The van der Waals surface area contributed by atoms with Crippen molar-refractivity contribution in [2.75, 3.05) is 6.54 Å². The molecule has 2 N–H and O–H groups in total. The van der Waals surface area contributed by atoms with E-state index in [1.807, 2.05) is 0 Å². The summed E-state index contributed by atoms with van der Waals surface area (Å²) in [5.41, 5.74) is 9.17. The van der Waals surface area contributed by atoms with Gasteiger partial charge < -0.3 is 5.73 Å². The minimum Gasteiger partial charge on any atom is -0.326 e. The summed E-state index contributed by atoms with van der Waals surface area (Å²) in [6, 6.07) is 8.66. The lowest BCUT2D eigenvalue weighted by atomic mass is 10.0. The van der Waals surface area contributed by atoms with E-state index in [0.717, 1.165) is 11.5 Å². The lowest BCUT2D eigenvalue weighted by Gasteiger charge is -2.03. The molecular weight excluding hydrogens is 158 g/mol. The van der Waals surface area contributed by atoms with Gasteiger partial charge in [0.2, 0.25) is 0 Å². The van der Waals surface area contributed by atoms with Gasteiger partial charge in [0.1, 0.15) is 0 Å². The van der Waals surface area contributed by atoms with Gasteiger partial charge in [-0.25, -0.2) is 0 Å². The minimum absolute atomic E-state index is 0.544. The summed E-state index contributed by atoms with van der Waals surface area (Å²) in [7, 11) is 0. The van der Waals surface area contributed by atoms with Crippen LogP contribution in [0.1, 0.15) is 29.9 Å². The second-order valence-electron chi connectivity index (χ2n) is 3.70. The lowest BCUT2D eigenvalue weighted by Crippen LogP contribution is -2.00. The van der Waals surface area contributed by atoms with Crippen LogP contribution in [0.3, 0.4) is 0 Å². The Labute approximate surface area is 79.3 Å². The topological polar surface area (TPSA) is 26.0 Å². The van der Waals surface area contributed by atoms with E-state index in [1.54, 1.807) is 0 Å². The van der Waals surface area contributed by atoms with Crippen LogP contribution >= 0.6 is 0 Å². The van der Waals surface area contributed by atoms with E-state index in [9.17, 15) is 0 Å². The standard InChI is InChI=1S/C12H15N/c1-9(8-13)10-2-4-11(5-3-10)12-6-7-12/h2-5,12H,1,6-8,13H2. The van der Waals surface area contributed by atoms with Gasteiger partial charge in [-0.05, 0) is 35.5 Å². The van der Waals surface area contributed by atoms with Crippen molar-refractivity contribution in [3.63, 3.8) is 0 Å². The number of hydrogen-bond donors (Lipinski definition) is 1. The van der Waals surface area contributed by atoms with Gasteiger partial charge >= 0.3 is 0 Å². The van der Waals surface area contributed by atoms with E-state index in [4.69, 9.17) is 5.73 Å². The van der Waals surface area contributed by atoms with Gasteiger partial charge in [-0.2, -0.15) is 0 Å². The Morgan fingerprint density at radius 3 is 2.38 bits per heavy atom. The predicted molar refractivity (Wildman–Crippen MR) is 56.5 cm³/mol. The molecule has 2 rings (SSSR count). The summed E-state index contributed by atoms with van der Waals surface area (Å²) in [5, 5.41) is 0. The van der Waals surface area contributed by atoms with Crippen LogP contribution in [0.25, 0.3) is 5.57 Å². The van der Waals surface area contributed by atoms with Crippen LogP contribution in [0, 0.1) is 0 Å². The Hall–Kier alpha value is -1.08. The molecule has 1 heteroatoms. The normalized spacial score (nSPS) is 15.8. The largest absolute Gasteiger partial charge is 0.326 e. The molecule has 0 amide bonds.